The molecule has 1 N–H and O–H groups in total. The van der Waals surface area contributed by atoms with Crippen LogP contribution in [-0.2, 0) is 24.4 Å². The molecule has 1 heterocycles. The van der Waals surface area contributed by atoms with Crippen LogP contribution < -0.4 is 4.90 Å². The van der Waals surface area contributed by atoms with Gasteiger partial charge in [0.1, 0.15) is 5.82 Å². The number of aromatic nitrogens is 3. The Labute approximate surface area is 133 Å². The Morgan fingerprint density at radius 2 is 1.82 bits per heavy atom. The van der Waals surface area contributed by atoms with Gasteiger partial charge in [0.05, 0.1) is 18.1 Å². The van der Waals surface area contributed by atoms with Crippen molar-refractivity contribution in [2.45, 2.75) is 6.92 Å². The minimum atomic E-state index is -4.65. The van der Waals surface area contributed by atoms with Gasteiger partial charge in [-0.25, -0.2) is 17.6 Å². The first kappa shape index (κ1) is 19.0. The van der Waals surface area contributed by atoms with Gasteiger partial charge in [-0.05, 0) is 18.5 Å². The molecule has 22 heavy (non-hydrogen) atoms. The van der Waals surface area contributed by atoms with E-state index < -0.39 is 32.6 Å². The SMILES string of the molecule is Cc1nc(Cl)nc(N(C)CCS(=O)(=O)CCOS(=O)(=O)O)n1. The molecule has 0 atom stereocenters. The first-order valence-electron chi connectivity index (χ1n) is 5.90. The predicted molar refractivity (Wildman–Crippen MR) is 79.0 cm³/mol. The molecule has 0 unspecified atom stereocenters. The van der Waals surface area contributed by atoms with E-state index in [-0.39, 0.29) is 23.5 Å². The van der Waals surface area contributed by atoms with Crippen molar-refractivity contribution in [2.24, 2.45) is 0 Å². The molecular weight excluding hydrogens is 360 g/mol. The summed E-state index contributed by atoms with van der Waals surface area (Å²) >= 11 is 5.69. The van der Waals surface area contributed by atoms with Gasteiger partial charge in [0, 0.05) is 13.6 Å². The number of anilines is 1. The van der Waals surface area contributed by atoms with Gasteiger partial charge in [0.2, 0.25) is 11.2 Å². The second-order valence-electron chi connectivity index (χ2n) is 4.27. The Morgan fingerprint density at radius 3 is 2.36 bits per heavy atom. The third-order valence-corrected chi connectivity index (χ3v) is 4.64. The van der Waals surface area contributed by atoms with Gasteiger partial charge in [-0.1, -0.05) is 0 Å². The Kier molecular flexibility index (Phi) is 6.43. The average molecular weight is 375 g/mol. The van der Waals surface area contributed by atoms with Crippen LogP contribution >= 0.6 is 11.6 Å². The molecule has 126 valence electrons. The number of halogens is 1. The van der Waals surface area contributed by atoms with Crippen LogP contribution in [0.15, 0.2) is 0 Å². The molecule has 1 aromatic rings. The fraction of sp³-hybridized carbons (Fsp3) is 0.667. The lowest BCUT2D eigenvalue weighted by atomic mass is 10.6. The molecule has 10 nitrogen and oxygen atoms in total. The summed E-state index contributed by atoms with van der Waals surface area (Å²) in [6, 6.07) is 0. The lowest BCUT2D eigenvalue weighted by molar-refractivity contribution is 0.284. The molecule has 1 aromatic heterocycles. The van der Waals surface area contributed by atoms with Crippen LogP contribution in [0.3, 0.4) is 0 Å². The quantitative estimate of drug-likeness (QED) is 0.592. The monoisotopic (exact) mass is 374 g/mol. The van der Waals surface area contributed by atoms with Crippen molar-refractivity contribution in [2.75, 3.05) is 36.6 Å². The second-order valence-corrected chi connectivity index (χ2v) is 8.01. The molecule has 1 rings (SSSR count). The molecule has 0 aliphatic carbocycles. The molecule has 13 heteroatoms. The van der Waals surface area contributed by atoms with E-state index in [2.05, 4.69) is 19.1 Å². The third-order valence-electron chi connectivity index (χ3n) is 2.41. The van der Waals surface area contributed by atoms with Crippen molar-refractivity contribution in [3.8, 4) is 0 Å². The van der Waals surface area contributed by atoms with Crippen molar-refractivity contribution in [1.82, 2.24) is 15.0 Å². The van der Waals surface area contributed by atoms with Crippen LogP contribution in [0.1, 0.15) is 5.82 Å². The highest BCUT2D eigenvalue weighted by Crippen LogP contribution is 2.09. The summed E-state index contributed by atoms with van der Waals surface area (Å²) < 4.78 is 56.4. The Bertz CT molecular complexity index is 703. The zero-order chi connectivity index (χ0) is 17.0. The summed E-state index contributed by atoms with van der Waals surface area (Å²) in [7, 11) is -6.64. The van der Waals surface area contributed by atoms with Crippen molar-refractivity contribution < 1.29 is 25.6 Å². The van der Waals surface area contributed by atoms with Gasteiger partial charge in [-0.15, -0.1) is 0 Å². The van der Waals surface area contributed by atoms with E-state index in [1.165, 1.54) is 4.90 Å². The molecule has 0 aliphatic rings. The van der Waals surface area contributed by atoms with Crippen molar-refractivity contribution in [3.05, 3.63) is 11.1 Å². The van der Waals surface area contributed by atoms with E-state index in [1.807, 2.05) is 0 Å². The molecule has 0 saturated carbocycles. The lowest BCUT2D eigenvalue weighted by Crippen LogP contribution is -2.29. The molecule has 0 aromatic carbocycles. The van der Waals surface area contributed by atoms with E-state index in [1.54, 1.807) is 14.0 Å². The maximum absolute atomic E-state index is 11.7. The number of hydrogen-bond donors (Lipinski definition) is 1. The maximum atomic E-state index is 11.7. The fourth-order valence-corrected chi connectivity index (χ4v) is 3.04. The molecule has 0 aliphatic heterocycles. The molecule has 0 spiro atoms. The Hall–Kier alpha value is -1.08. The summed E-state index contributed by atoms with van der Waals surface area (Å²) in [5.74, 6) is -0.202. The molecular formula is C9H15ClN4O6S2. The lowest BCUT2D eigenvalue weighted by Gasteiger charge is -2.17. The van der Waals surface area contributed by atoms with E-state index in [0.717, 1.165) is 0 Å². The van der Waals surface area contributed by atoms with E-state index in [4.69, 9.17) is 16.2 Å². The highest BCUT2D eigenvalue weighted by Gasteiger charge is 2.16. The first-order chi connectivity index (χ1) is 9.98. The molecule has 0 fully saturated rings. The number of sulfone groups is 1. The molecule has 0 bridgehead atoms. The highest BCUT2D eigenvalue weighted by atomic mass is 35.5. The van der Waals surface area contributed by atoms with Crippen LogP contribution in [-0.4, -0.2) is 68.0 Å². The Balaban J connectivity index is 2.56. The summed E-state index contributed by atoms with van der Waals surface area (Å²) in [6.07, 6.45) is 0. The van der Waals surface area contributed by atoms with Gasteiger partial charge in [-0.2, -0.15) is 18.4 Å². The minimum Gasteiger partial charge on any atom is -0.343 e. The zero-order valence-corrected chi connectivity index (χ0v) is 14.2. The topological polar surface area (TPSA) is 140 Å². The van der Waals surface area contributed by atoms with Gasteiger partial charge in [-0.3, -0.25) is 4.55 Å². The van der Waals surface area contributed by atoms with E-state index in [0.29, 0.717) is 5.82 Å². The summed E-state index contributed by atoms with van der Waals surface area (Å²) in [4.78, 5) is 13.1. The second kappa shape index (κ2) is 7.46. The smallest absolute Gasteiger partial charge is 0.343 e. The normalized spacial score (nSPS) is 12.4. The first-order valence-corrected chi connectivity index (χ1v) is 9.46. The molecule has 0 amide bonds. The molecule has 0 saturated heterocycles. The van der Waals surface area contributed by atoms with Gasteiger partial charge in [0.25, 0.3) is 0 Å². The predicted octanol–water partition coefficient (Wildman–Crippen LogP) is -0.496. The van der Waals surface area contributed by atoms with Crippen LogP contribution in [0.2, 0.25) is 5.28 Å². The molecule has 0 radical (unpaired) electrons. The summed E-state index contributed by atoms with van der Waals surface area (Å²) in [5.41, 5.74) is 0. The van der Waals surface area contributed by atoms with Crippen LogP contribution in [0.25, 0.3) is 0 Å². The van der Waals surface area contributed by atoms with Gasteiger partial charge >= 0.3 is 10.4 Å². The fourth-order valence-electron chi connectivity index (χ4n) is 1.35. The van der Waals surface area contributed by atoms with Crippen molar-refractivity contribution >= 4 is 37.8 Å². The number of hydrogen-bond acceptors (Lipinski definition) is 9. The zero-order valence-electron chi connectivity index (χ0n) is 11.8. The highest BCUT2D eigenvalue weighted by molar-refractivity contribution is 7.91. The minimum absolute atomic E-state index is 0.00115. The number of aryl methyl sites for hydroxylation is 1. The van der Waals surface area contributed by atoms with Gasteiger partial charge < -0.3 is 4.90 Å². The third kappa shape index (κ3) is 7.26. The largest absolute Gasteiger partial charge is 0.397 e. The summed E-state index contributed by atoms with van der Waals surface area (Å²) in [6.45, 7) is 1.03. The number of nitrogens with zero attached hydrogens (tertiary/aromatic N) is 4. The summed E-state index contributed by atoms with van der Waals surface area (Å²) in [5, 5.41) is -0.00115. The van der Waals surface area contributed by atoms with Crippen LogP contribution in [0.5, 0.6) is 0 Å². The maximum Gasteiger partial charge on any atom is 0.397 e. The Morgan fingerprint density at radius 1 is 1.18 bits per heavy atom. The standard InChI is InChI=1S/C9H15ClN4O6S2/c1-7-11-8(10)13-9(12-7)14(2)3-5-21(15,16)6-4-20-22(17,18)19/h3-6H2,1-2H3,(H,17,18,19). The van der Waals surface area contributed by atoms with E-state index in [9.17, 15) is 16.8 Å². The van der Waals surface area contributed by atoms with Gasteiger partial charge in [0.15, 0.2) is 9.84 Å². The average Bonchev–Trinajstić information content (AvgIpc) is 2.33. The van der Waals surface area contributed by atoms with Crippen LogP contribution in [0.4, 0.5) is 5.95 Å². The van der Waals surface area contributed by atoms with Crippen molar-refractivity contribution in [3.63, 3.8) is 0 Å². The van der Waals surface area contributed by atoms with E-state index >= 15 is 0 Å². The van der Waals surface area contributed by atoms with Crippen molar-refractivity contribution in [1.29, 1.82) is 0 Å². The number of rotatable bonds is 8. The van der Waals surface area contributed by atoms with Crippen LogP contribution in [0, 0.1) is 6.92 Å².